The Hall–Kier alpha value is -2.11. The van der Waals surface area contributed by atoms with Gasteiger partial charge in [0.25, 0.3) is 0 Å². The molecule has 128 valence electrons. The normalized spacial score (nSPS) is 20.5. The van der Waals surface area contributed by atoms with Crippen LogP contribution in [-0.4, -0.2) is 14.3 Å². The van der Waals surface area contributed by atoms with E-state index in [1.165, 1.54) is 29.2 Å². The zero-order valence-corrected chi connectivity index (χ0v) is 15.2. The van der Waals surface area contributed by atoms with Crippen LogP contribution in [0, 0.1) is 6.92 Å². The van der Waals surface area contributed by atoms with Crippen molar-refractivity contribution in [3.63, 3.8) is 0 Å². The van der Waals surface area contributed by atoms with E-state index in [2.05, 4.69) is 51.9 Å². The van der Waals surface area contributed by atoms with Gasteiger partial charge in [-0.15, -0.1) is 0 Å². The molecule has 25 heavy (non-hydrogen) atoms. The Labute approximate surface area is 152 Å². The van der Waals surface area contributed by atoms with E-state index >= 15 is 0 Å². The molecular formula is C20H22N4S. The van der Waals surface area contributed by atoms with E-state index in [1.54, 1.807) is 0 Å². The highest BCUT2D eigenvalue weighted by Gasteiger charge is 2.26. The first-order valence-corrected chi connectivity index (χ1v) is 9.66. The fraction of sp³-hybridized carbons (Fsp3) is 0.350. The van der Waals surface area contributed by atoms with Crippen LogP contribution in [0.2, 0.25) is 0 Å². The zero-order valence-electron chi connectivity index (χ0n) is 14.4. The summed E-state index contributed by atoms with van der Waals surface area (Å²) >= 11 is 1.49. The van der Waals surface area contributed by atoms with Gasteiger partial charge in [-0.3, -0.25) is 9.97 Å². The van der Waals surface area contributed by atoms with Gasteiger partial charge >= 0.3 is 0 Å². The van der Waals surface area contributed by atoms with Crippen molar-refractivity contribution < 1.29 is 0 Å². The van der Waals surface area contributed by atoms with Gasteiger partial charge in [0.05, 0.1) is 23.1 Å². The number of aromatic nitrogens is 3. The van der Waals surface area contributed by atoms with Gasteiger partial charge in [0, 0.05) is 29.7 Å². The molecule has 0 saturated carbocycles. The summed E-state index contributed by atoms with van der Waals surface area (Å²) in [5.41, 5.74) is 5.73. The molecule has 0 bridgehead atoms. The molecule has 3 aromatic heterocycles. The summed E-state index contributed by atoms with van der Waals surface area (Å²) in [6.45, 7) is 2.14. The van der Waals surface area contributed by atoms with Gasteiger partial charge < -0.3 is 5.32 Å². The number of pyridine rings is 2. The SMILES string of the molecule is Cc1cccnc1[C@@H]1CCC[C@H](c2cccc(Cc3ccsn3)n2)N1. The standard InChI is InChI=1S/C20H22N4S/c1-14-5-4-11-21-20(14)19-9-3-8-18(23-19)17-7-2-6-15(22-17)13-16-10-12-25-24-16/h2,4-7,10-12,18-19,23H,3,8-9,13H2,1H3/t18-,19+/m1/s1. The maximum absolute atomic E-state index is 4.90. The lowest BCUT2D eigenvalue weighted by atomic mass is 9.92. The summed E-state index contributed by atoms with van der Waals surface area (Å²) < 4.78 is 4.39. The van der Waals surface area contributed by atoms with Crippen molar-refractivity contribution in [2.45, 2.75) is 44.7 Å². The molecule has 4 rings (SSSR count). The molecule has 5 heteroatoms. The quantitative estimate of drug-likeness (QED) is 0.758. The molecule has 4 heterocycles. The maximum atomic E-state index is 4.90. The number of nitrogens with one attached hydrogen (secondary N) is 1. The Morgan fingerprint density at radius 1 is 1.08 bits per heavy atom. The predicted molar refractivity (Wildman–Crippen MR) is 101 cm³/mol. The largest absolute Gasteiger partial charge is 0.300 e. The zero-order chi connectivity index (χ0) is 17.1. The first-order chi connectivity index (χ1) is 12.3. The first-order valence-electron chi connectivity index (χ1n) is 8.82. The van der Waals surface area contributed by atoms with Crippen LogP contribution in [0.15, 0.2) is 48.0 Å². The van der Waals surface area contributed by atoms with E-state index < -0.39 is 0 Å². The average molecular weight is 350 g/mol. The molecule has 0 radical (unpaired) electrons. The van der Waals surface area contributed by atoms with Crippen molar-refractivity contribution in [2.24, 2.45) is 0 Å². The molecule has 0 aliphatic carbocycles. The van der Waals surface area contributed by atoms with Crippen LogP contribution >= 0.6 is 11.5 Å². The summed E-state index contributed by atoms with van der Waals surface area (Å²) in [7, 11) is 0. The minimum atomic E-state index is 0.288. The van der Waals surface area contributed by atoms with Crippen molar-refractivity contribution >= 4 is 11.5 Å². The number of hydrogen-bond acceptors (Lipinski definition) is 5. The molecule has 0 unspecified atom stereocenters. The third kappa shape index (κ3) is 3.78. The van der Waals surface area contributed by atoms with Gasteiger partial charge in [0.1, 0.15) is 0 Å². The van der Waals surface area contributed by atoms with E-state index in [4.69, 9.17) is 4.98 Å². The van der Waals surface area contributed by atoms with E-state index in [-0.39, 0.29) is 6.04 Å². The van der Waals surface area contributed by atoms with Crippen LogP contribution < -0.4 is 5.32 Å². The minimum Gasteiger partial charge on any atom is -0.300 e. The van der Waals surface area contributed by atoms with Crippen molar-refractivity contribution in [3.05, 3.63) is 76.3 Å². The number of hydrogen-bond donors (Lipinski definition) is 1. The van der Waals surface area contributed by atoms with Crippen LogP contribution in [0.3, 0.4) is 0 Å². The minimum absolute atomic E-state index is 0.288. The van der Waals surface area contributed by atoms with E-state index in [0.29, 0.717) is 6.04 Å². The van der Waals surface area contributed by atoms with Crippen LogP contribution in [0.25, 0.3) is 0 Å². The van der Waals surface area contributed by atoms with Gasteiger partial charge in [-0.2, -0.15) is 4.37 Å². The topological polar surface area (TPSA) is 50.7 Å². The predicted octanol–water partition coefficient (Wildman–Crippen LogP) is 4.39. The molecule has 0 amide bonds. The molecule has 1 aliphatic heterocycles. The van der Waals surface area contributed by atoms with Crippen LogP contribution in [0.4, 0.5) is 0 Å². The molecule has 0 spiro atoms. The number of nitrogens with zero attached hydrogens (tertiary/aromatic N) is 3. The monoisotopic (exact) mass is 350 g/mol. The molecule has 0 aromatic carbocycles. The smallest absolute Gasteiger partial charge is 0.0602 e. The lowest BCUT2D eigenvalue weighted by molar-refractivity contribution is 0.320. The molecular weight excluding hydrogens is 328 g/mol. The molecule has 1 aliphatic rings. The Morgan fingerprint density at radius 3 is 2.84 bits per heavy atom. The number of rotatable bonds is 4. The van der Waals surface area contributed by atoms with Gasteiger partial charge in [0.15, 0.2) is 0 Å². The Kier molecular flexibility index (Phi) is 4.85. The Balaban J connectivity index is 1.52. The van der Waals surface area contributed by atoms with Gasteiger partial charge in [0.2, 0.25) is 0 Å². The summed E-state index contributed by atoms with van der Waals surface area (Å²) in [6, 6.07) is 13.1. The summed E-state index contributed by atoms with van der Waals surface area (Å²) in [4.78, 5) is 9.51. The Morgan fingerprint density at radius 2 is 2.00 bits per heavy atom. The highest BCUT2D eigenvalue weighted by molar-refractivity contribution is 7.03. The third-order valence-electron chi connectivity index (χ3n) is 4.81. The molecule has 1 saturated heterocycles. The molecule has 1 N–H and O–H groups in total. The number of aryl methyl sites for hydroxylation is 1. The van der Waals surface area contributed by atoms with Crippen molar-refractivity contribution in [3.8, 4) is 0 Å². The van der Waals surface area contributed by atoms with E-state index in [0.717, 1.165) is 36.3 Å². The van der Waals surface area contributed by atoms with Crippen molar-refractivity contribution in [2.75, 3.05) is 0 Å². The second-order valence-electron chi connectivity index (χ2n) is 6.63. The Bertz CT molecular complexity index is 831. The fourth-order valence-corrected chi connectivity index (χ4v) is 4.09. The van der Waals surface area contributed by atoms with Gasteiger partial charge in [-0.1, -0.05) is 12.1 Å². The highest BCUT2D eigenvalue weighted by atomic mass is 32.1. The van der Waals surface area contributed by atoms with Crippen molar-refractivity contribution in [1.29, 1.82) is 0 Å². The molecule has 4 nitrogen and oxygen atoms in total. The van der Waals surface area contributed by atoms with Gasteiger partial charge in [-0.05, 0) is 67.5 Å². The first kappa shape index (κ1) is 16.4. The molecule has 3 aromatic rings. The highest BCUT2D eigenvalue weighted by Crippen LogP contribution is 2.32. The third-order valence-corrected chi connectivity index (χ3v) is 5.40. The second-order valence-corrected chi connectivity index (χ2v) is 7.30. The maximum Gasteiger partial charge on any atom is 0.0602 e. The molecule has 1 fully saturated rings. The van der Waals surface area contributed by atoms with Crippen molar-refractivity contribution in [1.82, 2.24) is 19.7 Å². The summed E-state index contributed by atoms with van der Waals surface area (Å²) in [5, 5.41) is 5.79. The average Bonchev–Trinajstić information content (AvgIpc) is 3.15. The van der Waals surface area contributed by atoms with Crippen LogP contribution in [0.1, 0.15) is 59.7 Å². The van der Waals surface area contributed by atoms with Crippen LogP contribution in [-0.2, 0) is 6.42 Å². The van der Waals surface area contributed by atoms with Gasteiger partial charge in [-0.25, -0.2) is 0 Å². The number of piperidine rings is 1. The lowest BCUT2D eigenvalue weighted by Crippen LogP contribution is -2.32. The second kappa shape index (κ2) is 7.42. The lowest BCUT2D eigenvalue weighted by Gasteiger charge is -2.31. The van der Waals surface area contributed by atoms with E-state index in [9.17, 15) is 0 Å². The summed E-state index contributed by atoms with van der Waals surface area (Å²) in [6.07, 6.45) is 6.13. The van der Waals surface area contributed by atoms with E-state index in [1.807, 2.05) is 17.6 Å². The molecule has 2 atom stereocenters. The summed E-state index contributed by atoms with van der Waals surface area (Å²) in [5.74, 6) is 0. The fourth-order valence-electron chi connectivity index (χ4n) is 3.55. The van der Waals surface area contributed by atoms with Crippen LogP contribution in [0.5, 0.6) is 0 Å².